The molecule has 0 aromatic heterocycles. The van der Waals surface area contributed by atoms with Gasteiger partial charge in [-0.1, -0.05) is 12.5 Å². The largest absolute Gasteiger partial charge is 0.294 e. The maximum Gasteiger partial charge on any atom is 0.248 e. The molecule has 2 aliphatic carbocycles. The zero-order valence-electron chi connectivity index (χ0n) is 10.2. The summed E-state index contributed by atoms with van der Waals surface area (Å²) < 4.78 is 26.0. The lowest BCUT2D eigenvalue weighted by atomic mass is 9.81. The molecule has 0 unspecified atom stereocenters. The topological polar surface area (TPSA) is 17.1 Å². The minimum absolute atomic E-state index is 0.114. The molecule has 0 bridgehead atoms. The van der Waals surface area contributed by atoms with Crippen molar-refractivity contribution in [3.63, 3.8) is 0 Å². The predicted molar refractivity (Wildman–Crippen MR) is 63.1 cm³/mol. The predicted octanol–water partition coefficient (Wildman–Crippen LogP) is 4.27. The highest BCUT2D eigenvalue weighted by Gasteiger charge is 2.37. The molecule has 0 N–H and O–H groups in total. The van der Waals surface area contributed by atoms with Crippen LogP contribution in [0, 0.1) is 5.92 Å². The molecule has 0 radical (unpaired) electrons. The van der Waals surface area contributed by atoms with Gasteiger partial charge in [-0.3, -0.25) is 4.79 Å². The van der Waals surface area contributed by atoms with E-state index in [0.29, 0.717) is 12.8 Å². The monoisotopic (exact) mass is 242 g/mol. The van der Waals surface area contributed by atoms with Crippen LogP contribution in [0.15, 0.2) is 11.6 Å². The van der Waals surface area contributed by atoms with Crippen LogP contribution in [0.2, 0.25) is 0 Å². The summed E-state index contributed by atoms with van der Waals surface area (Å²) in [4.78, 5) is 12.2. The van der Waals surface area contributed by atoms with E-state index in [4.69, 9.17) is 0 Å². The van der Waals surface area contributed by atoms with Crippen molar-refractivity contribution >= 4 is 5.78 Å². The summed E-state index contributed by atoms with van der Waals surface area (Å²) in [5.41, 5.74) is 0.915. The molecule has 0 spiro atoms. The van der Waals surface area contributed by atoms with Crippen molar-refractivity contribution in [3.05, 3.63) is 11.6 Å². The SMILES string of the molecule is O=C(C1=CCCCCC1)C1CCC(F)(F)CC1. The zero-order valence-corrected chi connectivity index (χ0v) is 10.2. The molecule has 1 nitrogen and oxygen atoms in total. The number of hydrogen-bond acceptors (Lipinski definition) is 1. The molecular formula is C14H20F2O. The van der Waals surface area contributed by atoms with Crippen molar-refractivity contribution in [2.24, 2.45) is 5.92 Å². The third-order valence-corrected chi connectivity index (χ3v) is 3.95. The van der Waals surface area contributed by atoms with Gasteiger partial charge in [-0.2, -0.15) is 0 Å². The average Bonchev–Trinajstić information content (AvgIpc) is 2.56. The van der Waals surface area contributed by atoms with Crippen molar-refractivity contribution in [3.8, 4) is 0 Å². The van der Waals surface area contributed by atoms with Gasteiger partial charge in [-0.25, -0.2) is 8.78 Å². The summed E-state index contributed by atoms with van der Waals surface area (Å²) in [6.45, 7) is 0. The lowest BCUT2D eigenvalue weighted by molar-refractivity contribution is -0.123. The normalized spacial score (nSPS) is 26.1. The van der Waals surface area contributed by atoms with Crippen LogP contribution in [-0.4, -0.2) is 11.7 Å². The number of halogens is 2. The quantitative estimate of drug-likeness (QED) is 0.706. The first-order valence-electron chi connectivity index (χ1n) is 6.69. The lowest BCUT2D eigenvalue weighted by Gasteiger charge is -2.27. The number of allylic oxidation sites excluding steroid dienone is 2. The Morgan fingerprint density at radius 3 is 2.59 bits per heavy atom. The molecule has 2 aliphatic rings. The highest BCUT2D eigenvalue weighted by Crippen LogP contribution is 2.38. The second-order valence-electron chi connectivity index (χ2n) is 5.32. The Bertz CT molecular complexity index is 310. The number of Topliss-reactive ketones (excluding diaryl/α,β-unsaturated/α-hetero) is 1. The summed E-state index contributed by atoms with van der Waals surface area (Å²) in [5.74, 6) is -2.52. The first-order chi connectivity index (χ1) is 8.08. The first-order valence-corrected chi connectivity index (χ1v) is 6.69. The molecule has 3 heteroatoms. The van der Waals surface area contributed by atoms with Crippen LogP contribution in [-0.2, 0) is 4.79 Å². The van der Waals surface area contributed by atoms with Gasteiger partial charge in [-0.15, -0.1) is 0 Å². The number of alkyl halides is 2. The van der Waals surface area contributed by atoms with Crippen LogP contribution in [0.3, 0.4) is 0 Å². The fourth-order valence-corrected chi connectivity index (χ4v) is 2.80. The van der Waals surface area contributed by atoms with Crippen LogP contribution in [0.5, 0.6) is 0 Å². The summed E-state index contributed by atoms with van der Waals surface area (Å²) in [6.07, 6.45) is 7.77. The van der Waals surface area contributed by atoms with Crippen LogP contribution in [0.4, 0.5) is 8.78 Å². The van der Waals surface area contributed by atoms with Crippen molar-refractivity contribution in [2.45, 2.75) is 63.7 Å². The Labute approximate surface area is 101 Å². The van der Waals surface area contributed by atoms with E-state index >= 15 is 0 Å². The van der Waals surface area contributed by atoms with Gasteiger partial charge < -0.3 is 0 Å². The molecular weight excluding hydrogens is 222 g/mol. The van der Waals surface area contributed by atoms with Gasteiger partial charge in [0, 0.05) is 18.8 Å². The van der Waals surface area contributed by atoms with Gasteiger partial charge in [0.05, 0.1) is 0 Å². The van der Waals surface area contributed by atoms with Crippen LogP contribution in [0.1, 0.15) is 57.8 Å². The van der Waals surface area contributed by atoms with Crippen molar-refractivity contribution in [1.29, 1.82) is 0 Å². The van der Waals surface area contributed by atoms with Crippen molar-refractivity contribution in [2.75, 3.05) is 0 Å². The van der Waals surface area contributed by atoms with Crippen LogP contribution < -0.4 is 0 Å². The van der Waals surface area contributed by atoms with E-state index < -0.39 is 5.92 Å². The fraction of sp³-hybridized carbons (Fsp3) is 0.786. The molecule has 1 fully saturated rings. The molecule has 2 rings (SSSR count). The molecule has 0 aromatic rings. The summed E-state index contributed by atoms with van der Waals surface area (Å²) in [6, 6.07) is 0. The molecule has 17 heavy (non-hydrogen) atoms. The molecule has 0 amide bonds. The smallest absolute Gasteiger partial charge is 0.248 e. The number of hydrogen-bond donors (Lipinski definition) is 0. The Balaban J connectivity index is 1.94. The molecule has 0 aliphatic heterocycles. The number of ketones is 1. The number of carbonyl (C=O) groups is 1. The van der Waals surface area contributed by atoms with Gasteiger partial charge >= 0.3 is 0 Å². The van der Waals surface area contributed by atoms with Crippen molar-refractivity contribution in [1.82, 2.24) is 0 Å². The van der Waals surface area contributed by atoms with E-state index in [2.05, 4.69) is 0 Å². The molecule has 0 atom stereocenters. The van der Waals surface area contributed by atoms with Gasteiger partial charge in [0.1, 0.15) is 0 Å². The maximum absolute atomic E-state index is 13.0. The van der Waals surface area contributed by atoms with E-state index in [-0.39, 0.29) is 24.5 Å². The number of rotatable bonds is 2. The Morgan fingerprint density at radius 1 is 1.18 bits per heavy atom. The Hall–Kier alpha value is -0.730. The third-order valence-electron chi connectivity index (χ3n) is 3.95. The fourth-order valence-electron chi connectivity index (χ4n) is 2.80. The van der Waals surface area contributed by atoms with E-state index in [1.807, 2.05) is 6.08 Å². The standard InChI is InChI=1S/C14H20F2O/c15-14(16)9-7-12(8-10-14)13(17)11-5-3-1-2-4-6-11/h5,12H,1-4,6-10H2. The number of carbonyl (C=O) groups excluding carboxylic acids is 1. The molecule has 1 saturated carbocycles. The second kappa shape index (κ2) is 5.28. The second-order valence-corrected chi connectivity index (χ2v) is 5.32. The van der Waals surface area contributed by atoms with Crippen molar-refractivity contribution < 1.29 is 13.6 Å². The van der Waals surface area contributed by atoms with E-state index in [1.54, 1.807) is 0 Å². The van der Waals surface area contributed by atoms with E-state index in [0.717, 1.165) is 31.3 Å². The Kier molecular flexibility index (Phi) is 3.95. The van der Waals surface area contributed by atoms with Gasteiger partial charge in [0.25, 0.3) is 0 Å². The molecule has 0 aromatic carbocycles. The average molecular weight is 242 g/mol. The molecule has 0 saturated heterocycles. The minimum atomic E-state index is -2.53. The van der Waals surface area contributed by atoms with Gasteiger partial charge in [0.15, 0.2) is 5.78 Å². The van der Waals surface area contributed by atoms with Crippen LogP contribution in [0.25, 0.3) is 0 Å². The van der Waals surface area contributed by atoms with Gasteiger partial charge in [0.2, 0.25) is 5.92 Å². The summed E-state index contributed by atoms with van der Waals surface area (Å²) in [7, 11) is 0. The minimum Gasteiger partial charge on any atom is -0.294 e. The molecule has 0 heterocycles. The van der Waals surface area contributed by atoms with E-state index in [1.165, 1.54) is 6.42 Å². The molecule has 96 valence electrons. The summed E-state index contributed by atoms with van der Waals surface area (Å²) in [5, 5.41) is 0. The highest BCUT2D eigenvalue weighted by atomic mass is 19.3. The summed E-state index contributed by atoms with van der Waals surface area (Å²) >= 11 is 0. The lowest BCUT2D eigenvalue weighted by Crippen LogP contribution is -2.29. The highest BCUT2D eigenvalue weighted by molar-refractivity contribution is 5.97. The van der Waals surface area contributed by atoms with E-state index in [9.17, 15) is 13.6 Å². The maximum atomic E-state index is 13.0. The Morgan fingerprint density at radius 2 is 1.88 bits per heavy atom. The third kappa shape index (κ3) is 3.36. The first kappa shape index (κ1) is 12.7. The zero-order chi connectivity index (χ0) is 12.3. The van der Waals surface area contributed by atoms with Crippen LogP contribution >= 0.6 is 0 Å². The van der Waals surface area contributed by atoms with Gasteiger partial charge in [-0.05, 0) is 44.1 Å².